The van der Waals surface area contributed by atoms with Gasteiger partial charge in [0.05, 0.1) is 0 Å². The van der Waals surface area contributed by atoms with Gasteiger partial charge in [-0.05, 0) is 151 Å². The predicted octanol–water partition coefficient (Wildman–Crippen LogP) is 15.9. The van der Waals surface area contributed by atoms with Gasteiger partial charge in [-0.2, -0.15) is 0 Å². The molecule has 1 aliphatic carbocycles. The number of hydrogen-bond donors (Lipinski definition) is 0. The van der Waals surface area contributed by atoms with E-state index in [1.54, 1.807) is 0 Å². The van der Waals surface area contributed by atoms with Crippen LogP contribution in [0, 0.1) is 0 Å². The van der Waals surface area contributed by atoms with Crippen LogP contribution in [-0.2, 0) is 5.41 Å². The van der Waals surface area contributed by atoms with Gasteiger partial charge in [0.2, 0.25) is 0 Å². The first-order valence-corrected chi connectivity index (χ1v) is 20.1. The van der Waals surface area contributed by atoms with Crippen molar-refractivity contribution >= 4 is 64.6 Å². The largest absolute Gasteiger partial charge is 0.0616 e. The van der Waals surface area contributed by atoms with Crippen molar-refractivity contribution < 1.29 is 0 Å². The zero-order valence-corrected chi connectivity index (χ0v) is 32.0. The summed E-state index contributed by atoms with van der Waals surface area (Å²) in [5, 5.41) is 15.4. The second-order valence-corrected chi connectivity index (χ2v) is 16.4. The highest BCUT2D eigenvalue weighted by molar-refractivity contribution is 6.25. The van der Waals surface area contributed by atoms with Gasteiger partial charge in [-0.3, -0.25) is 0 Å². The van der Waals surface area contributed by atoms with Gasteiger partial charge in [0.25, 0.3) is 0 Å². The number of rotatable bonds is 3. The van der Waals surface area contributed by atoms with E-state index in [1.165, 1.54) is 120 Å². The summed E-state index contributed by atoms with van der Waals surface area (Å²) in [6.07, 6.45) is 0. The lowest BCUT2D eigenvalue weighted by atomic mass is 9.81. The van der Waals surface area contributed by atoms with Crippen molar-refractivity contribution in [2.45, 2.75) is 19.3 Å². The van der Waals surface area contributed by atoms with Gasteiger partial charge in [-0.15, -0.1) is 0 Å². The summed E-state index contributed by atoms with van der Waals surface area (Å²) in [6.45, 7) is 4.73. The molecule has 11 aromatic rings. The molecule has 1 aliphatic rings. The van der Waals surface area contributed by atoms with Crippen LogP contribution < -0.4 is 0 Å². The van der Waals surface area contributed by atoms with Crippen LogP contribution in [0.25, 0.3) is 109 Å². The molecule has 0 atom stereocenters. The quantitative estimate of drug-likeness (QED) is 0.126. The van der Waals surface area contributed by atoms with E-state index < -0.39 is 0 Å². The summed E-state index contributed by atoms with van der Waals surface area (Å²) < 4.78 is 0. The third-order valence-electron chi connectivity index (χ3n) is 13.0. The Balaban J connectivity index is 1.01. The Morgan fingerprint density at radius 2 is 0.789 bits per heavy atom. The van der Waals surface area contributed by atoms with Crippen molar-refractivity contribution in [3.05, 3.63) is 205 Å². The molecule has 0 spiro atoms. The summed E-state index contributed by atoms with van der Waals surface area (Å²) in [6, 6.07) is 72.8. The van der Waals surface area contributed by atoms with Crippen LogP contribution in [0.15, 0.2) is 194 Å². The standard InChI is InChI=1S/C57H38/c1-57(2)53-29-27-41(33-51(53)52-32-39-14-5-6-15-40(39)34-54(52)57)35-22-24-36(25-23-35)55-46-16-7-9-18-48(46)56(49-19-10-8-17-47(49)55)45-21-11-20-43-44(45)28-26-42-30-37-12-3-4-13-38(37)31-50(42)43/h3-34H,1-2H3. The highest BCUT2D eigenvalue weighted by Gasteiger charge is 2.35. The Morgan fingerprint density at radius 3 is 1.47 bits per heavy atom. The van der Waals surface area contributed by atoms with Crippen molar-refractivity contribution in [1.29, 1.82) is 0 Å². The maximum Gasteiger partial charge on any atom is 0.0159 e. The topological polar surface area (TPSA) is 0 Å². The van der Waals surface area contributed by atoms with E-state index in [0.717, 1.165) is 0 Å². The first-order chi connectivity index (χ1) is 28.0. The van der Waals surface area contributed by atoms with Gasteiger partial charge >= 0.3 is 0 Å². The summed E-state index contributed by atoms with van der Waals surface area (Å²) in [7, 11) is 0. The molecular weight excluding hydrogens is 685 g/mol. The van der Waals surface area contributed by atoms with E-state index in [0.29, 0.717) is 0 Å². The molecule has 0 amide bonds. The van der Waals surface area contributed by atoms with Gasteiger partial charge in [0.15, 0.2) is 0 Å². The monoisotopic (exact) mass is 722 g/mol. The molecule has 0 heteroatoms. The average molecular weight is 723 g/mol. The van der Waals surface area contributed by atoms with Crippen LogP contribution in [0.1, 0.15) is 25.0 Å². The van der Waals surface area contributed by atoms with Crippen LogP contribution in [0.3, 0.4) is 0 Å². The summed E-state index contributed by atoms with van der Waals surface area (Å²) >= 11 is 0. The Labute approximate surface area is 332 Å². The number of fused-ring (bicyclic) bond motifs is 10. The fraction of sp³-hybridized carbons (Fsp3) is 0.0526. The summed E-state index contributed by atoms with van der Waals surface area (Å²) in [4.78, 5) is 0. The molecule has 11 aromatic carbocycles. The maximum absolute atomic E-state index is 2.42. The second kappa shape index (κ2) is 12.0. The molecule has 0 bridgehead atoms. The van der Waals surface area contributed by atoms with Gasteiger partial charge < -0.3 is 0 Å². The van der Waals surface area contributed by atoms with E-state index in [4.69, 9.17) is 0 Å². The molecule has 0 heterocycles. The van der Waals surface area contributed by atoms with Gasteiger partial charge in [0.1, 0.15) is 0 Å². The first kappa shape index (κ1) is 32.2. The van der Waals surface area contributed by atoms with Crippen LogP contribution in [0.5, 0.6) is 0 Å². The smallest absolute Gasteiger partial charge is 0.0159 e. The molecule has 0 radical (unpaired) electrons. The zero-order chi connectivity index (χ0) is 37.8. The molecule has 266 valence electrons. The normalized spacial score (nSPS) is 13.2. The zero-order valence-electron chi connectivity index (χ0n) is 32.0. The average Bonchev–Trinajstić information content (AvgIpc) is 3.48. The Morgan fingerprint density at radius 1 is 0.263 bits per heavy atom. The molecule has 0 aromatic heterocycles. The minimum atomic E-state index is -0.0416. The first-order valence-electron chi connectivity index (χ1n) is 20.1. The van der Waals surface area contributed by atoms with Crippen molar-refractivity contribution in [3.8, 4) is 44.5 Å². The van der Waals surface area contributed by atoms with Crippen molar-refractivity contribution in [2.24, 2.45) is 0 Å². The Hall–Kier alpha value is -7.02. The van der Waals surface area contributed by atoms with Crippen molar-refractivity contribution in [2.75, 3.05) is 0 Å². The van der Waals surface area contributed by atoms with Crippen LogP contribution in [0.2, 0.25) is 0 Å². The lowest BCUT2D eigenvalue weighted by molar-refractivity contribution is 0.661. The molecule has 0 aliphatic heterocycles. The second-order valence-electron chi connectivity index (χ2n) is 16.4. The molecule has 12 rings (SSSR count). The van der Waals surface area contributed by atoms with Crippen molar-refractivity contribution in [1.82, 2.24) is 0 Å². The summed E-state index contributed by atoms with van der Waals surface area (Å²) in [5.74, 6) is 0. The Bertz CT molecular complexity index is 3410. The molecular formula is C57H38. The van der Waals surface area contributed by atoms with Crippen LogP contribution in [0.4, 0.5) is 0 Å². The van der Waals surface area contributed by atoms with E-state index in [2.05, 4.69) is 208 Å². The highest BCUT2D eigenvalue weighted by atomic mass is 14.4. The van der Waals surface area contributed by atoms with Gasteiger partial charge in [-0.25, -0.2) is 0 Å². The van der Waals surface area contributed by atoms with E-state index >= 15 is 0 Å². The lowest BCUT2D eigenvalue weighted by Gasteiger charge is -2.22. The van der Waals surface area contributed by atoms with Crippen molar-refractivity contribution in [3.63, 3.8) is 0 Å². The molecule has 0 N–H and O–H groups in total. The van der Waals surface area contributed by atoms with E-state index in [1.807, 2.05) is 0 Å². The fourth-order valence-corrected chi connectivity index (χ4v) is 10.2. The van der Waals surface area contributed by atoms with Crippen LogP contribution in [-0.4, -0.2) is 0 Å². The third-order valence-corrected chi connectivity index (χ3v) is 13.0. The predicted molar refractivity (Wildman–Crippen MR) is 245 cm³/mol. The molecule has 0 saturated carbocycles. The minimum absolute atomic E-state index is 0.0416. The highest BCUT2D eigenvalue weighted by Crippen LogP contribution is 2.51. The molecule has 0 unspecified atom stereocenters. The SMILES string of the molecule is CC1(C)c2ccc(-c3ccc(-c4c5ccccc5c(-c5cccc6c5ccc5cc7ccccc7cc56)c5ccccc45)cc3)cc2-c2cc3ccccc3cc21. The van der Waals surface area contributed by atoms with Gasteiger partial charge in [0, 0.05) is 5.41 Å². The molecule has 0 fully saturated rings. The van der Waals surface area contributed by atoms with Gasteiger partial charge in [-0.1, -0.05) is 178 Å². The summed E-state index contributed by atoms with van der Waals surface area (Å²) in [5.41, 5.74) is 13.0. The third kappa shape index (κ3) is 4.74. The fourth-order valence-electron chi connectivity index (χ4n) is 10.2. The molecule has 57 heavy (non-hydrogen) atoms. The molecule has 0 saturated heterocycles. The lowest BCUT2D eigenvalue weighted by Crippen LogP contribution is -2.14. The van der Waals surface area contributed by atoms with E-state index in [-0.39, 0.29) is 5.41 Å². The van der Waals surface area contributed by atoms with Crippen LogP contribution >= 0.6 is 0 Å². The van der Waals surface area contributed by atoms with E-state index in [9.17, 15) is 0 Å². The molecule has 0 nitrogen and oxygen atoms in total. The minimum Gasteiger partial charge on any atom is -0.0616 e. The maximum atomic E-state index is 2.42. The number of hydrogen-bond acceptors (Lipinski definition) is 0. The Kier molecular flexibility index (Phi) is 6.78. The number of benzene rings is 11.